The van der Waals surface area contributed by atoms with Crippen LogP contribution in [-0.2, 0) is 21.4 Å². The van der Waals surface area contributed by atoms with E-state index in [4.69, 9.17) is 16.1 Å². The van der Waals surface area contributed by atoms with Crippen LogP contribution >= 0.6 is 11.6 Å². The highest BCUT2D eigenvalue weighted by atomic mass is 35.5. The molecule has 0 spiro atoms. The number of aryl methyl sites for hydroxylation is 2. The van der Waals surface area contributed by atoms with E-state index in [1.807, 2.05) is 31.2 Å². The summed E-state index contributed by atoms with van der Waals surface area (Å²) in [5.74, 6) is 0.393. The Hall–Kier alpha value is -2.75. The Labute approximate surface area is 198 Å². The molecule has 1 saturated heterocycles. The minimum atomic E-state index is -3.84. The Bertz CT molecular complexity index is 1270. The molecule has 3 aromatic rings. The molecule has 8 nitrogen and oxygen atoms in total. The molecule has 10 heteroatoms. The van der Waals surface area contributed by atoms with Crippen LogP contribution in [0.3, 0.4) is 0 Å². The van der Waals surface area contributed by atoms with Gasteiger partial charge in [-0.25, -0.2) is 8.42 Å². The molecule has 33 heavy (non-hydrogen) atoms. The first-order valence-electron chi connectivity index (χ1n) is 10.7. The molecule has 1 N–H and O–H groups in total. The normalized spacial score (nSPS) is 15.5. The molecule has 0 saturated carbocycles. The molecular formula is C23H25ClN4O4S. The second-order valence-electron chi connectivity index (χ2n) is 8.10. The molecule has 2 aromatic carbocycles. The van der Waals surface area contributed by atoms with Crippen molar-refractivity contribution >= 4 is 27.5 Å². The molecule has 1 fully saturated rings. The number of carbonyl (C=O) groups excluding carboxylic acids is 1. The van der Waals surface area contributed by atoms with Crippen molar-refractivity contribution in [1.82, 2.24) is 19.8 Å². The number of piperidine rings is 1. The third-order valence-corrected chi connectivity index (χ3v) is 8.25. The van der Waals surface area contributed by atoms with Gasteiger partial charge in [-0.3, -0.25) is 4.79 Å². The number of aromatic nitrogens is 2. The van der Waals surface area contributed by atoms with E-state index in [-0.39, 0.29) is 34.8 Å². The molecule has 2 heterocycles. The largest absolute Gasteiger partial charge is 0.352 e. The highest BCUT2D eigenvalue weighted by Gasteiger charge is 2.33. The van der Waals surface area contributed by atoms with Gasteiger partial charge in [0, 0.05) is 38.0 Å². The van der Waals surface area contributed by atoms with Crippen molar-refractivity contribution in [1.29, 1.82) is 0 Å². The average Bonchev–Trinajstić information content (AvgIpc) is 3.25. The monoisotopic (exact) mass is 488 g/mol. The minimum absolute atomic E-state index is 0.00780. The predicted molar refractivity (Wildman–Crippen MR) is 124 cm³/mol. The van der Waals surface area contributed by atoms with Gasteiger partial charge in [0.25, 0.3) is 0 Å². The molecule has 1 aliphatic heterocycles. The summed E-state index contributed by atoms with van der Waals surface area (Å²) in [6, 6.07) is 12.5. The fourth-order valence-corrected chi connectivity index (χ4v) is 5.86. The smallest absolute Gasteiger partial charge is 0.244 e. The van der Waals surface area contributed by atoms with Gasteiger partial charge in [-0.1, -0.05) is 41.0 Å². The zero-order chi connectivity index (χ0) is 23.6. The lowest BCUT2D eigenvalue weighted by molar-refractivity contribution is -0.126. The summed E-state index contributed by atoms with van der Waals surface area (Å²) in [6.07, 6.45) is 0.889. The zero-order valence-corrected chi connectivity index (χ0v) is 20.0. The minimum Gasteiger partial charge on any atom is -0.352 e. The lowest BCUT2D eigenvalue weighted by Crippen LogP contribution is -2.43. The maximum atomic E-state index is 13.3. The second kappa shape index (κ2) is 9.62. The van der Waals surface area contributed by atoms with Gasteiger partial charge in [-0.2, -0.15) is 9.29 Å². The Kier molecular flexibility index (Phi) is 6.83. The van der Waals surface area contributed by atoms with E-state index in [1.54, 1.807) is 13.0 Å². The number of amides is 1. The number of nitrogens with zero attached hydrogens (tertiary/aromatic N) is 3. The van der Waals surface area contributed by atoms with E-state index in [0.29, 0.717) is 36.7 Å². The summed E-state index contributed by atoms with van der Waals surface area (Å²) in [4.78, 5) is 16.8. The van der Waals surface area contributed by atoms with Gasteiger partial charge < -0.3 is 9.84 Å². The second-order valence-corrected chi connectivity index (χ2v) is 10.4. The molecule has 1 aromatic heterocycles. The van der Waals surface area contributed by atoms with Crippen LogP contribution in [0, 0.1) is 19.8 Å². The molecule has 0 bridgehead atoms. The van der Waals surface area contributed by atoms with E-state index in [1.165, 1.54) is 16.4 Å². The summed E-state index contributed by atoms with van der Waals surface area (Å²) in [5, 5.41) is 6.95. The standard InChI is InChI=1S/C23H25ClN4O4S/c1-15-5-3-4-6-19(15)14-25-23(29)17-9-11-28(12-10-17)33(30,31)21-13-18(7-8-20(21)24)22-26-16(2)32-27-22/h3-8,13,17H,9-12,14H2,1-2H3,(H,25,29). The number of sulfonamides is 1. The number of benzene rings is 2. The van der Waals surface area contributed by atoms with Crippen LogP contribution in [-0.4, -0.2) is 41.9 Å². The lowest BCUT2D eigenvalue weighted by atomic mass is 9.97. The third kappa shape index (κ3) is 5.10. The van der Waals surface area contributed by atoms with E-state index < -0.39 is 10.0 Å². The molecule has 0 radical (unpaired) electrons. The van der Waals surface area contributed by atoms with Crippen molar-refractivity contribution in [3.63, 3.8) is 0 Å². The van der Waals surface area contributed by atoms with Gasteiger partial charge in [0.05, 0.1) is 5.02 Å². The van der Waals surface area contributed by atoms with Gasteiger partial charge in [0.15, 0.2) is 0 Å². The molecule has 1 amide bonds. The first-order chi connectivity index (χ1) is 15.8. The topological polar surface area (TPSA) is 105 Å². The summed E-state index contributed by atoms with van der Waals surface area (Å²) in [5.41, 5.74) is 2.69. The van der Waals surface area contributed by atoms with Crippen molar-refractivity contribution in [2.24, 2.45) is 5.92 Å². The van der Waals surface area contributed by atoms with Crippen LogP contribution < -0.4 is 5.32 Å². The van der Waals surface area contributed by atoms with Gasteiger partial charge in [-0.15, -0.1) is 0 Å². The number of halogens is 1. The average molecular weight is 489 g/mol. The van der Waals surface area contributed by atoms with Crippen molar-refractivity contribution < 1.29 is 17.7 Å². The number of rotatable bonds is 6. The summed E-state index contributed by atoms with van der Waals surface area (Å²) < 4.78 is 33.0. The van der Waals surface area contributed by atoms with Crippen LogP contribution in [0.25, 0.3) is 11.4 Å². The highest BCUT2D eigenvalue weighted by molar-refractivity contribution is 7.89. The van der Waals surface area contributed by atoms with Gasteiger partial charge in [0.1, 0.15) is 4.90 Å². The first-order valence-corrected chi connectivity index (χ1v) is 12.5. The quantitative estimate of drug-likeness (QED) is 0.566. The fourth-order valence-electron chi connectivity index (χ4n) is 3.89. The van der Waals surface area contributed by atoms with Crippen LogP contribution in [0.15, 0.2) is 51.9 Å². The van der Waals surface area contributed by atoms with Crippen molar-refractivity contribution in [2.45, 2.75) is 38.1 Å². The Morgan fingerprint density at radius 2 is 1.91 bits per heavy atom. The molecular weight excluding hydrogens is 464 g/mol. The molecule has 1 aliphatic rings. The zero-order valence-electron chi connectivity index (χ0n) is 18.4. The number of carbonyl (C=O) groups is 1. The van der Waals surface area contributed by atoms with Gasteiger partial charge in [-0.05, 0) is 49.1 Å². The van der Waals surface area contributed by atoms with Crippen LogP contribution in [0.2, 0.25) is 5.02 Å². The van der Waals surface area contributed by atoms with E-state index in [9.17, 15) is 13.2 Å². The number of hydrogen-bond donors (Lipinski definition) is 1. The Morgan fingerprint density at radius 1 is 1.18 bits per heavy atom. The van der Waals surface area contributed by atoms with E-state index in [2.05, 4.69) is 15.5 Å². The summed E-state index contributed by atoms with van der Waals surface area (Å²) >= 11 is 6.25. The molecule has 0 aliphatic carbocycles. The molecule has 4 rings (SSSR count). The van der Waals surface area contributed by atoms with Crippen LogP contribution in [0.4, 0.5) is 0 Å². The van der Waals surface area contributed by atoms with Gasteiger partial charge in [0.2, 0.25) is 27.6 Å². The lowest BCUT2D eigenvalue weighted by Gasteiger charge is -2.31. The molecule has 0 unspecified atom stereocenters. The Balaban J connectivity index is 1.42. The highest BCUT2D eigenvalue weighted by Crippen LogP contribution is 2.31. The number of nitrogens with one attached hydrogen (secondary N) is 1. The van der Waals surface area contributed by atoms with Crippen molar-refractivity contribution in [2.75, 3.05) is 13.1 Å². The van der Waals surface area contributed by atoms with Crippen LogP contribution in [0.1, 0.15) is 29.9 Å². The maximum Gasteiger partial charge on any atom is 0.244 e. The molecule has 174 valence electrons. The summed E-state index contributed by atoms with van der Waals surface area (Å²) in [6.45, 7) is 4.61. The molecule has 0 atom stereocenters. The first kappa shape index (κ1) is 23.4. The summed E-state index contributed by atoms with van der Waals surface area (Å²) in [7, 11) is -3.84. The third-order valence-electron chi connectivity index (χ3n) is 5.87. The van der Waals surface area contributed by atoms with Crippen LogP contribution in [0.5, 0.6) is 0 Å². The van der Waals surface area contributed by atoms with Gasteiger partial charge >= 0.3 is 0 Å². The SMILES string of the molecule is Cc1nc(-c2ccc(Cl)c(S(=O)(=O)N3CCC(C(=O)NCc4ccccc4C)CC3)c2)no1. The van der Waals surface area contributed by atoms with E-state index >= 15 is 0 Å². The number of hydrogen-bond acceptors (Lipinski definition) is 6. The van der Waals surface area contributed by atoms with Crippen molar-refractivity contribution in [3.05, 3.63) is 64.5 Å². The van der Waals surface area contributed by atoms with E-state index in [0.717, 1.165) is 11.1 Å². The van der Waals surface area contributed by atoms with Crippen molar-refractivity contribution in [3.8, 4) is 11.4 Å². The predicted octanol–water partition coefficient (Wildman–Crippen LogP) is 3.72. The fraction of sp³-hybridized carbons (Fsp3) is 0.348. The maximum absolute atomic E-state index is 13.3. The Morgan fingerprint density at radius 3 is 2.58 bits per heavy atom.